The lowest BCUT2D eigenvalue weighted by atomic mass is 9.65. The summed E-state index contributed by atoms with van der Waals surface area (Å²) in [5.74, 6) is 0.471. The van der Waals surface area contributed by atoms with Crippen LogP contribution in [0.5, 0.6) is 0 Å². The molecule has 7 rings (SSSR count). The van der Waals surface area contributed by atoms with Gasteiger partial charge in [-0.05, 0) is 130 Å². The van der Waals surface area contributed by atoms with Crippen LogP contribution in [-0.4, -0.2) is 0 Å². The van der Waals surface area contributed by atoms with Crippen molar-refractivity contribution in [2.24, 2.45) is 0 Å². The molecule has 1 atom stereocenters. The van der Waals surface area contributed by atoms with E-state index in [1.165, 1.54) is 99.2 Å². The Hall–Kier alpha value is -4.88. The van der Waals surface area contributed by atoms with Crippen molar-refractivity contribution in [3.8, 4) is 0 Å². The Labute approximate surface area is 307 Å². The van der Waals surface area contributed by atoms with Crippen molar-refractivity contribution in [3.63, 3.8) is 0 Å². The summed E-state index contributed by atoms with van der Waals surface area (Å²) in [5, 5.41) is 0. The van der Waals surface area contributed by atoms with Gasteiger partial charge >= 0.3 is 0 Å². The molecule has 1 nitrogen and oxygen atoms in total. The van der Waals surface area contributed by atoms with Gasteiger partial charge < -0.3 is 4.90 Å². The minimum absolute atomic E-state index is 0.0439. The number of anilines is 3. The normalized spacial score (nSPS) is 14.6. The molecule has 51 heavy (non-hydrogen) atoms. The van der Waals surface area contributed by atoms with Crippen molar-refractivity contribution in [3.05, 3.63) is 196 Å². The summed E-state index contributed by atoms with van der Waals surface area (Å²) in [5.41, 5.74) is 16.0. The van der Waals surface area contributed by atoms with Crippen molar-refractivity contribution < 1.29 is 0 Å². The molecule has 0 unspecified atom stereocenters. The molecule has 1 heteroatoms. The average molecular weight is 668 g/mol. The molecule has 0 N–H and O–H groups in total. The van der Waals surface area contributed by atoms with Crippen molar-refractivity contribution in [1.29, 1.82) is 0 Å². The van der Waals surface area contributed by atoms with E-state index < -0.39 is 0 Å². The number of aryl methyl sites for hydroxylation is 5. The van der Waals surface area contributed by atoms with Crippen LogP contribution >= 0.6 is 0 Å². The van der Waals surface area contributed by atoms with Crippen LogP contribution in [0.25, 0.3) is 0 Å². The van der Waals surface area contributed by atoms with Crippen LogP contribution in [0.3, 0.4) is 0 Å². The fourth-order valence-corrected chi connectivity index (χ4v) is 8.23. The Morgan fingerprint density at radius 1 is 0.451 bits per heavy atom. The molecule has 1 saturated carbocycles. The molecule has 1 fully saturated rings. The van der Waals surface area contributed by atoms with Crippen LogP contribution in [-0.2, 0) is 18.3 Å². The van der Waals surface area contributed by atoms with E-state index in [2.05, 4.69) is 178 Å². The number of rotatable bonds is 11. The molecular weight excluding hydrogens is 615 g/mol. The highest BCUT2D eigenvalue weighted by Gasteiger charge is 2.36. The number of hydrogen-bond donors (Lipinski definition) is 0. The van der Waals surface area contributed by atoms with Gasteiger partial charge in [0.25, 0.3) is 0 Å². The molecule has 0 radical (unpaired) electrons. The Bertz CT molecular complexity index is 1930. The van der Waals surface area contributed by atoms with E-state index in [0.29, 0.717) is 5.92 Å². The van der Waals surface area contributed by atoms with Gasteiger partial charge in [-0.15, -0.1) is 0 Å². The van der Waals surface area contributed by atoms with Crippen LogP contribution in [0.15, 0.2) is 146 Å². The highest BCUT2D eigenvalue weighted by Crippen LogP contribution is 2.46. The summed E-state index contributed by atoms with van der Waals surface area (Å²) in [6, 6.07) is 55.5. The van der Waals surface area contributed by atoms with E-state index >= 15 is 0 Å². The second kappa shape index (κ2) is 15.6. The van der Waals surface area contributed by atoms with Crippen LogP contribution < -0.4 is 4.90 Å². The molecular formula is C50H53N. The maximum atomic E-state index is 2.48. The first kappa shape index (κ1) is 34.6. The largest absolute Gasteiger partial charge is 0.311 e. The summed E-state index contributed by atoms with van der Waals surface area (Å²) in [4.78, 5) is 2.38. The first-order chi connectivity index (χ1) is 24.9. The van der Waals surface area contributed by atoms with Gasteiger partial charge in [0.2, 0.25) is 0 Å². The SMILES string of the molecule is Cc1ccc(CC[C@@H](Cc2ccc(C)cc2)c2ccc(C3(c4ccc(N(c5ccc(C)cc5)c5ccc(C)cc5)cc4)CCCCC3)cc2)cc1. The first-order valence-corrected chi connectivity index (χ1v) is 19.1. The van der Waals surface area contributed by atoms with Gasteiger partial charge in [-0.1, -0.05) is 151 Å². The maximum Gasteiger partial charge on any atom is 0.0461 e. The van der Waals surface area contributed by atoms with Crippen molar-refractivity contribution >= 4 is 17.1 Å². The van der Waals surface area contributed by atoms with E-state index in [9.17, 15) is 0 Å². The Morgan fingerprint density at radius 2 is 0.843 bits per heavy atom. The van der Waals surface area contributed by atoms with Gasteiger partial charge in [0.1, 0.15) is 0 Å². The van der Waals surface area contributed by atoms with E-state index in [1.54, 1.807) is 0 Å². The lowest BCUT2D eigenvalue weighted by molar-refractivity contribution is 0.346. The summed E-state index contributed by atoms with van der Waals surface area (Å²) < 4.78 is 0. The lowest BCUT2D eigenvalue weighted by Crippen LogP contribution is -2.30. The molecule has 0 amide bonds. The zero-order chi connectivity index (χ0) is 35.2. The fraction of sp³-hybridized carbons (Fsp3) is 0.280. The van der Waals surface area contributed by atoms with Crippen LogP contribution in [0, 0.1) is 27.7 Å². The number of benzene rings is 6. The molecule has 0 saturated heterocycles. The summed E-state index contributed by atoms with van der Waals surface area (Å²) in [6.45, 7) is 8.65. The van der Waals surface area contributed by atoms with Crippen LogP contribution in [0.1, 0.15) is 94.5 Å². The third kappa shape index (κ3) is 8.04. The predicted molar refractivity (Wildman–Crippen MR) is 218 cm³/mol. The van der Waals surface area contributed by atoms with Crippen molar-refractivity contribution in [1.82, 2.24) is 0 Å². The van der Waals surface area contributed by atoms with E-state index in [1.807, 2.05) is 0 Å². The lowest BCUT2D eigenvalue weighted by Gasteiger charge is -2.39. The number of nitrogens with zero attached hydrogens (tertiary/aromatic N) is 1. The van der Waals surface area contributed by atoms with Crippen molar-refractivity contribution in [2.75, 3.05) is 4.90 Å². The van der Waals surface area contributed by atoms with Gasteiger partial charge in [0, 0.05) is 22.5 Å². The van der Waals surface area contributed by atoms with Gasteiger partial charge in [-0.25, -0.2) is 0 Å². The minimum Gasteiger partial charge on any atom is -0.311 e. The third-order valence-corrected chi connectivity index (χ3v) is 11.4. The van der Waals surface area contributed by atoms with Gasteiger partial charge in [0.05, 0.1) is 0 Å². The van der Waals surface area contributed by atoms with E-state index in [-0.39, 0.29) is 5.41 Å². The zero-order valence-corrected chi connectivity index (χ0v) is 31.0. The predicted octanol–water partition coefficient (Wildman–Crippen LogP) is 13.6. The smallest absolute Gasteiger partial charge is 0.0461 e. The molecule has 0 heterocycles. The maximum absolute atomic E-state index is 2.48. The topological polar surface area (TPSA) is 3.24 Å². The van der Waals surface area contributed by atoms with Gasteiger partial charge in [-0.3, -0.25) is 0 Å². The second-order valence-corrected chi connectivity index (χ2v) is 15.2. The molecule has 0 aliphatic heterocycles. The fourth-order valence-electron chi connectivity index (χ4n) is 8.23. The summed E-state index contributed by atoms with van der Waals surface area (Å²) >= 11 is 0. The highest BCUT2D eigenvalue weighted by atomic mass is 15.1. The van der Waals surface area contributed by atoms with E-state index in [0.717, 1.165) is 19.3 Å². The number of hydrogen-bond acceptors (Lipinski definition) is 1. The highest BCUT2D eigenvalue weighted by molar-refractivity contribution is 5.77. The van der Waals surface area contributed by atoms with Crippen molar-refractivity contribution in [2.45, 2.75) is 90.4 Å². The Morgan fingerprint density at radius 3 is 1.31 bits per heavy atom. The van der Waals surface area contributed by atoms with Gasteiger partial charge in [0.15, 0.2) is 0 Å². The molecule has 258 valence electrons. The zero-order valence-electron chi connectivity index (χ0n) is 31.0. The molecule has 0 bridgehead atoms. The molecule has 6 aromatic carbocycles. The van der Waals surface area contributed by atoms with Crippen LogP contribution in [0.4, 0.5) is 17.1 Å². The molecule has 0 aromatic heterocycles. The average Bonchev–Trinajstić information content (AvgIpc) is 3.17. The van der Waals surface area contributed by atoms with E-state index in [4.69, 9.17) is 0 Å². The first-order valence-electron chi connectivity index (χ1n) is 19.1. The Balaban J connectivity index is 1.19. The Kier molecular flexibility index (Phi) is 10.5. The quantitative estimate of drug-likeness (QED) is 0.133. The molecule has 6 aromatic rings. The molecule has 0 spiro atoms. The van der Waals surface area contributed by atoms with Gasteiger partial charge in [-0.2, -0.15) is 0 Å². The van der Waals surface area contributed by atoms with Crippen LogP contribution in [0.2, 0.25) is 0 Å². The monoisotopic (exact) mass is 667 g/mol. The molecule has 1 aliphatic rings. The standard InChI is InChI=1S/C50H53N/c1-37-8-16-41(17-9-37)20-21-44(36-42-18-10-38(2)11-19-42)43-22-24-45(25-23-43)50(34-6-5-7-35-50)46-26-32-49(33-27-46)51(47-28-12-39(3)13-29-47)48-30-14-40(4)15-31-48/h8-19,22-33,44H,5-7,20-21,34-36H2,1-4H3/t44-/m0/s1. The summed E-state index contributed by atoms with van der Waals surface area (Å²) in [7, 11) is 0. The third-order valence-electron chi connectivity index (χ3n) is 11.4. The second-order valence-electron chi connectivity index (χ2n) is 15.2. The summed E-state index contributed by atoms with van der Waals surface area (Å²) in [6.07, 6.45) is 9.57. The molecule has 1 aliphatic carbocycles. The minimum atomic E-state index is 0.0439.